The normalized spacial score (nSPS) is 22.6. The molecule has 2 unspecified atom stereocenters. The monoisotopic (exact) mass is 228 g/mol. The van der Waals surface area contributed by atoms with Crippen LogP contribution in [0.2, 0.25) is 0 Å². The van der Waals surface area contributed by atoms with Crippen molar-refractivity contribution in [3.05, 3.63) is 0 Å². The summed E-state index contributed by atoms with van der Waals surface area (Å²) in [6.45, 7) is 9.29. The van der Waals surface area contributed by atoms with Crippen LogP contribution in [0.15, 0.2) is 0 Å². The minimum absolute atomic E-state index is 0.187. The van der Waals surface area contributed by atoms with Gasteiger partial charge in [0.05, 0.1) is 0 Å². The van der Waals surface area contributed by atoms with Crippen LogP contribution >= 0.6 is 0 Å². The third kappa shape index (κ3) is 3.67. The smallest absolute Gasteiger partial charge is 0.410 e. The SMILES string of the molecule is CC(CN)CC1CCN1C(=O)OC(C)(C)C. The van der Waals surface area contributed by atoms with Crippen LogP contribution in [0, 0.1) is 5.92 Å². The Bertz CT molecular complexity index is 248. The highest BCUT2D eigenvalue weighted by Crippen LogP contribution is 2.25. The van der Waals surface area contributed by atoms with E-state index in [1.165, 1.54) is 0 Å². The minimum atomic E-state index is -0.406. The Kier molecular flexibility index (Phi) is 4.19. The van der Waals surface area contributed by atoms with E-state index in [1.54, 1.807) is 0 Å². The number of ether oxygens (including phenoxy) is 1. The fourth-order valence-corrected chi connectivity index (χ4v) is 1.81. The van der Waals surface area contributed by atoms with Crippen LogP contribution < -0.4 is 5.73 Å². The summed E-state index contributed by atoms with van der Waals surface area (Å²) >= 11 is 0. The molecule has 4 heteroatoms. The number of carbonyl (C=O) groups excluding carboxylic acids is 1. The second kappa shape index (κ2) is 5.04. The van der Waals surface area contributed by atoms with Crippen LogP contribution in [-0.2, 0) is 4.74 Å². The summed E-state index contributed by atoms with van der Waals surface area (Å²) in [6, 6.07) is 0.327. The first-order chi connectivity index (χ1) is 7.33. The van der Waals surface area contributed by atoms with Gasteiger partial charge < -0.3 is 15.4 Å². The zero-order valence-corrected chi connectivity index (χ0v) is 10.8. The molecule has 1 amide bonds. The van der Waals surface area contributed by atoms with E-state index in [0.717, 1.165) is 19.4 Å². The van der Waals surface area contributed by atoms with E-state index in [9.17, 15) is 4.79 Å². The van der Waals surface area contributed by atoms with E-state index < -0.39 is 5.60 Å². The number of hydrogen-bond acceptors (Lipinski definition) is 3. The molecular formula is C12H24N2O2. The van der Waals surface area contributed by atoms with E-state index in [4.69, 9.17) is 10.5 Å². The first-order valence-corrected chi connectivity index (χ1v) is 6.03. The Morgan fingerprint density at radius 1 is 1.56 bits per heavy atom. The lowest BCUT2D eigenvalue weighted by Crippen LogP contribution is -2.53. The maximum atomic E-state index is 11.8. The Morgan fingerprint density at radius 2 is 2.19 bits per heavy atom. The fourth-order valence-electron chi connectivity index (χ4n) is 1.81. The summed E-state index contributed by atoms with van der Waals surface area (Å²) < 4.78 is 5.34. The van der Waals surface area contributed by atoms with Gasteiger partial charge in [-0.3, -0.25) is 0 Å². The van der Waals surface area contributed by atoms with Crippen molar-refractivity contribution in [1.29, 1.82) is 0 Å². The Balaban J connectivity index is 2.40. The van der Waals surface area contributed by atoms with Crippen molar-refractivity contribution in [3.63, 3.8) is 0 Å². The number of nitrogens with two attached hydrogens (primary N) is 1. The molecule has 2 atom stereocenters. The summed E-state index contributed by atoms with van der Waals surface area (Å²) in [5.41, 5.74) is 5.18. The van der Waals surface area contributed by atoms with Crippen LogP contribution in [0.1, 0.15) is 40.5 Å². The third-order valence-electron chi connectivity index (χ3n) is 2.85. The van der Waals surface area contributed by atoms with Gasteiger partial charge in [0.15, 0.2) is 0 Å². The van der Waals surface area contributed by atoms with Crippen molar-refractivity contribution in [2.24, 2.45) is 11.7 Å². The number of likely N-dealkylation sites (tertiary alicyclic amines) is 1. The molecular weight excluding hydrogens is 204 g/mol. The maximum absolute atomic E-state index is 11.8. The van der Waals surface area contributed by atoms with Gasteiger partial charge in [0.2, 0.25) is 0 Å². The van der Waals surface area contributed by atoms with Crippen molar-refractivity contribution >= 4 is 6.09 Å². The van der Waals surface area contributed by atoms with Crippen LogP contribution in [0.5, 0.6) is 0 Å². The van der Waals surface area contributed by atoms with Gasteiger partial charge in [-0.1, -0.05) is 6.92 Å². The molecule has 0 aliphatic carbocycles. The molecule has 2 N–H and O–H groups in total. The number of carbonyl (C=O) groups is 1. The van der Waals surface area contributed by atoms with Crippen LogP contribution in [-0.4, -0.2) is 35.7 Å². The highest BCUT2D eigenvalue weighted by atomic mass is 16.6. The van der Waals surface area contributed by atoms with Crippen LogP contribution in [0.25, 0.3) is 0 Å². The molecule has 1 aliphatic rings. The first-order valence-electron chi connectivity index (χ1n) is 6.03. The topological polar surface area (TPSA) is 55.6 Å². The average molecular weight is 228 g/mol. The summed E-state index contributed by atoms with van der Waals surface area (Å²) in [6.07, 6.45) is 1.87. The zero-order valence-electron chi connectivity index (χ0n) is 10.8. The van der Waals surface area contributed by atoms with Crippen molar-refractivity contribution in [3.8, 4) is 0 Å². The van der Waals surface area contributed by atoms with Gasteiger partial charge >= 0.3 is 6.09 Å². The predicted molar refractivity (Wildman–Crippen MR) is 64.2 cm³/mol. The molecule has 0 aromatic rings. The molecule has 0 radical (unpaired) electrons. The second-order valence-electron chi connectivity index (χ2n) is 5.69. The third-order valence-corrected chi connectivity index (χ3v) is 2.85. The molecule has 0 aromatic heterocycles. The summed E-state index contributed by atoms with van der Waals surface area (Å²) in [7, 11) is 0. The van der Waals surface area contributed by atoms with Gasteiger partial charge in [0.25, 0.3) is 0 Å². The molecule has 0 saturated carbocycles. The first kappa shape index (κ1) is 13.3. The number of rotatable bonds is 3. The van der Waals surface area contributed by atoms with E-state index in [0.29, 0.717) is 18.5 Å². The molecule has 1 aliphatic heterocycles. The summed E-state index contributed by atoms with van der Waals surface area (Å²) in [4.78, 5) is 13.6. The summed E-state index contributed by atoms with van der Waals surface area (Å²) in [5, 5.41) is 0. The lowest BCUT2D eigenvalue weighted by atomic mass is 9.93. The maximum Gasteiger partial charge on any atom is 0.410 e. The molecule has 0 spiro atoms. The highest BCUT2D eigenvalue weighted by Gasteiger charge is 2.35. The van der Waals surface area contributed by atoms with E-state index in [1.807, 2.05) is 25.7 Å². The van der Waals surface area contributed by atoms with Gasteiger partial charge in [-0.2, -0.15) is 0 Å². The lowest BCUT2D eigenvalue weighted by molar-refractivity contribution is -0.00896. The van der Waals surface area contributed by atoms with Crippen molar-refractivity contribution < 1.29 is 9.53 Å². The van der Waals surface area contributed by atoms with Gasteiger partial charge in [-0.15, -0.1) is 0 Å². The summed E-state index contributed by atoms with van der Waals surface area (Å²) in [5.74, 6) is 0.468. The minimum Gasteiger partial charge on any atom is -0.444 e. The fraction of sp³-hybridized carbons (Fsp3) is 0.917. The van der Waals surface area contributed by atoms with Crippen LogP contribution in [0.3, 0.4) is 0 Å². The Labute approximate surface area is 98.1 Å². The predicted octanol–water partition coefficient (Wildman–Crippen LogP) is 1.98. The molecule has 1 rings (SSSR count). The van der Waals surface area contributed by atoms with Gasteiger partial charge in [-0.25, -0.2) is 4.79 Å². The molecule has 1 heterocycles. The largest absolute Gasteiger partial charge is 0.444 e. The lowest BCUT2D eigenvalue weighted by Gasteiger charge is -2.42. The van der Waals surface area contributed by atoms with Crippen molar-refractivity contribution in [2.75, 3.05) is 13.1 Å². The van der Waals surface area contributed by atoms with E-state index in [-0.39, 0.29) is 6.09 Å². The van der Waals surface area contributed by atoms with Gasteiger partial charge in [0, 0.05) is 12.6 Å². The van der Waals surface area contributed by atoms with Crippen LogP contribution in [0.4, 0.5) is 4.79 Å². The molecule has 94 valence electrons. The zero-order chi connectivity index (χ0) is 12.3. The van der Waals surface area contributed by atoms with E-state index >= 15 is 0 Å². The Hall–Kier alpha value is -0.770. The number of amides is 1. The van der Waals surface area contributed by atoms with Crippen molar-refractivity contribution in [2.45, 2.75) is 52.2 Å². The molecule has 4 nitrogen and oxygen atoms in total. The quantitative estimate of drug-likeness (QED) is 0.803. The molecule has 16 heavy (non-hydrogen) atoms. The second-order valence-corrected chi connectivity index (χ2v) is 5.69. The average Bonchev–Trinajstić information content (AvgIpc) is 2.08. The Morgan fingerprint density at radius 3 is 2.56 bits per heavy atom. The van der Waals surface area contributed by atoms with Crippen molar-refractivity contribution in [1.82, 2.24) is 4.90 Å². The molecule has 0 aromatic carbocycles. The molecule has 0 bridgehead atoms. The standard InChI is InChI=1S/C12H24N2O2/c1-9(8-13)7-10-5-6-14(10)11(15)16-12(2,3)4/h9-10H,5-8,13H2,1-4H3. The number of nitrogens with zero attached hydrogens (tertiary/aromatic N) is 1. The van der Waals surface area contributed by atoms with E-state index in [2.05, 4.69) is 6.92 Å². The highest BCUT2D eigenvalue weighted by molar-refractivity contribution is 5.69. The molecule has 1 fully saturated rings. The van der Waals surface area contributed by atoms with Gasteiger partial charge in [0.1, 0.15) is 5.60 Å². The number of hydrogen-bond donors (Lipinski definition) is 1. The van der Waals surface area contributed by atoms with Gasteiger partial charge in [-0.05, 0) is 46.1 Å². The molecule has 1 saturated heterocycles.